The first kappa shape index (κ1) is 13.0. The Morgan fingerprint density at radius 1 is 1.44 bits per heavy atom. The zero-order valence-corrected chi connectivity index (χ0v) is 9.69. The second-order valence-electron chi connectivity index (χ2n) is 4.55. The molecule has 5 heteroatoms. The first-order chi connectivity index (χ1) is 7.50. The van der Waals surface area contributed by atoms with Gasteiger partial charge in [0.2, 0.25) is 5.91 Å². The minimum Gasteiger partial charge on any atom is -0.481 e. The summed E-state index contributed by atoms with van der Waals surface area (Å²) in [5.74, 6) is -0.344. The van der Waals surface area contributed by atoms with Crippen LogP contribution in [0.4, 0.5) is 0 Å². The fraction of sp³-hybridized carbons (Fsp3) is 0.818. The molecule has 1 heterocycles. The molecule has 1 aliphatic heterocycles. The van der Waals surface area contributed by atoms with Crippen molar-refractivity contribution in [1.29, 1.82) is 0 Å². The van der Waals surface area contributed by atoms with Gasteiger partial charge < -0.3 is 15.7 Å². The van der Waals surface area contributed by atoms with Crippen LogP contribution in [0.25, 0.3) is 0 Å². The van der Waals surface area contributed by atoms with Gasteiger partial charge in [-0.05, 0) is 25.2 Å². The van der Waals surface area contributed by atoms with Crippen molar-refractivity contribution in [1.82, 2.24) is 4.90 Å². The largest absolute Gasteiger partial charge is 0.481 e. The van der Waals surface area contributed by atoms with Gasteiger partial charge in [-0.1, -0.05) is 6.92 Å². The van der Waals surface area contributed by atoms with Crippen LogP contribution in [0.1, 0.15) is 32.6 Å². The average molecular weight is 228 g/mol. The number of hydrogen-bond donors (Lipinski definition) is 2. The van der Waals surface area contributed by atoms with Gasteiger partial charge in [0.15, 0.2) is 0 Å². The highest BCUT2D eigenvalue weighted by atomic mass is 16.4. The molecule has 3 N–H and O–H groups in total. The van der Waals surface area contributed by atoms with Crippen molar-refractivity contribution in [3.05, 3.63) is 0 Å². The predicted molar refractivity (Wildman–Crippen MR) is 59.8 cm³/mol. The second kappa shape index (κ2) is 5.84. The summed E-state index contributed by atoms with van der Waals surface area (Å²) >= 11 is 0. The normalized spacial score (nSPS) is 19.5. The quantitative estimate of drug-likeness (QED) is 0.731. The summed E-state index contributed by atoms with van der Waals surface area (Å²) in [6.07, 6.45) is 2.20. The van der Waals surface area contributed by atoms with Crippen molar-refractivity contribution < 1.29 is 14.7 Å². The van der Waals surface area contributed by atoms with E-state index in [1.807, 2.05) is 0 Å². The zero-order chi connectivity index (χ0) is 12.1. The van der Waals surface area contributed by atoms with Gasteiger partial charge >= 0.3 is 5.97 Å². The molecule has 0 aliphatic carbocycles. The molecule has 0 bridgehead atoms. The lowest BCUT2D eigenvalue weighted by Gasteiger charge is -2.32. The summed E-state index contributed by atoms with van der Waals surface area (Å²) in [5, 5.41) is 8.51. The number of amides is 1. The maximum atomic E-state index is 11.8. The third-order valence-corrected chi connectivity index (χ3v) is 3.08. The first-order valence-corrected chi connectivity index (χ1v) is 5.77. The Hall–Kier alpha value is -1.10. The van der Waals surface area contributed by atoms with Gasteiger partial charge in [0, 0.05) is 19.5 Å². The molecule has 16 heavy (non-hydrogen) atoms. The lowest BCUT2D eigenvalue weighted by molar-refractivity contribution is -0.138. The van der Waals surface area contributed by atoms with Crippen LogP contribution < -0.4 is 5.73 Å². The van der Waals surface area contributed by atoms with Gasteiger partial charge in [0.1, 0.15) is 0 Å². The average Bonchev–Trinajstić information content (AvgIpc) is 2.26. The minimum absolute atomic E-state index is 0.0445. The summed E-state index contributed by atoms with van der Waals surface area (Å²) in [6, 6.07) is -0.662. The van der Waals surface area contributed by atoms with Crippen molar-refractivity contribution in [2.75, 3.05) is 13.1 Å². The summed E-state index contributed by atoms with van der Waals surface area (Å²) < 4.78 is 0. The predicted octanol–water partition coefficient (Wildman–Crippen LogP) is 0.437. The molecule has 5 nitrogen and oxygen atoms in total. The number of carbonyl (C=O) groups is 2. The number of carboxylic acids is 1. The molecule has 1 rings (SSSR count). The molecule has 0 aromatic heterocycles. The van der Waals surface area contributed by atoms with E-state index in [0.29, 0.717) is 5.92 Å². The van der Waals surface area contributed by atoms with Crippen molar-refractivity contribution in [3.8, 4) is 0 Å². The highest BCUT2D eigenvalue weighted by Gasteiger charge is 2.24. The van der Waals surface area contributed by atoms with Crippen molar-refractivity contribution in [3.63, 3.8) is 0 Å². The minimum atomic E-state index is -0.907. The van der Waals surface area contributed by atoms with E-state index in [1.165, 1.54) is 0 Å². The number of aliphatic carboxylic acids is 1. The maximum Gasteiger partial charge on any atom is 0.303 e. The highest BCUT2D eigenvalue weighted by Crippen LogP contribution is 2.16. The van der Waals surface area contributed by atoms with Crippen LogP contribution in [0.3, 0.4) is 0 Å². The molecule has 1 unspecified atom stereocenters. The lowest BCUT2D eigenvalue weighted by atomic mass is 9.98. The van der Waals surface area contributed by atoms with Gasteiger partial charge in [-0.15, -0.1) is 0 Å². The summed E-state index contributed by atoms with van der Waals surface area (Å²) in [7, 11) is 0. The standard InChI is InChI=1S/C11H20N2O3/c1-8-4-6-13(7-5-8)11(16)9(12)2-3-10(14)15/h8-9H,2-7,12H2,1H3,(H,14,15). The molecule has 0 radical (unpaired) electrons. The van der Waals surface area contributed by atoms with Gasteiger partial charge in [0.25, 0.3) is 0 Å². The molecular weight excluding hydrogens is 208 g/mol. The smallest absolute Gasteiger partial charge is 0.303 e. The first-order valence-electron chi connectivity index (χ1n) is 5.77. The van der Waals surface area contributed by atoms with E-state index in [0.717, 1.165) is 25.9 Å². The lowest BCUT2D eigenvalue weighted by Crippen LogP contribution is -2.47. The van der Waals surface area contributed by atoms with Gasteiger partial charge in [-0.3, -0.25) is 9.59 Å². The van der Waals surface area contributed by atoms with Gasteiger partial charge in [-0.25, -0.2) is 0 Å². The van der Waals surface area contributed by atoms with Crippen molar-refractivity contribution in [2.24, 2.45) is 11.7 Å². The summed E-state index contributed by atoms with van der Waals surface area (Å²) in [5.41, 5.74) is 5.68. The molecule has 1 fully saturated rings. The molecule has 1 aliphatic rings. The third kappa shape index (κ3) is 3.81. The number of carboxylic acid groups (broad SMARTS) is 1. The van der Waals surface area contributed by atoms with Gasteiger partial charge in [-0.2, -0.15) is 0 Å². The number of rotatable bonds is 4. The summed E-state index contributed by atoms with van der Waals surface area (Å²) in [6.45, 7) is 3.67. The van der Waals surface area contributed by atoms with Crippen LogP contribution in [0.2, 0.25) is 0 Å². The van der Waals surface area contributed by atoms with Crippen LogP contribution in [-0.4, -0.2) is 41.0 Å². The van der Waals surface area contributed by atoms with E-state index >= 15 is 0 Å². The topological polar surface area (TPSA) is 83.6 Å². The van der Waals surface area contributed by atoms with E-state index in [9.17, 15) is 9.59 Å². The van der Waals surface area contributed by atoms with Crippen LogP contribution in [-0.2, 0) is 9.59 Å². The van der Waals surface area contributed by atoms with Crippen molar-refractivity contribution >= 4 is 11.9 Å². The van der Waals surface area contributed by atoms with Crippen LogP contribution >= 0.6 is 0 Å². The molecule has 1 saturated heterocycles. The van der Waals surface area contributed by atoms with E-state index < -0.39 is 12.0 Å². The number of likely N-dealkylation sites (tertiary alicyclic amines) is 1. The Morgan fingerprint density at radius 3 is 2.50 bits per heavy atom. The molecule has 0 saturated carbocycles. The van der Waals surface area contributed by atoms with Crippen LogP contribution in [0.5, 0.6) is 0 Å². The fourth-order valence-corrected chi connectivity index (χ4v) is 1.87. The Balaban J connectivity index is 2.35. The number of carbonyl (C=O) groups excluding carboxylic acids is 1. The monoisotopic (exact) mass is 228 g/mol. The van der Waals surface area contributed by atoms with Gasteiger partial charge in [0.05, 0.1) is 6.04 Å². The molecule has 0 aromatic carbocycles. The SMILES string of the molecule is CC1CCN(C(=O)C(N)CCC(=O)O)CC1. The van der Waals surface area contributed by atoms with E-state index in [2.05, 4.69) is 6.92 Å². The Bertz CT molecular complexity index is 260. The number of hydrogen-bond acceptors (Lipinski definition) is 3. The van der Waals surface area contributed by atoms with Crippen molar-refractivity contribution in [2.45, 2.75) is 38.6 Å². The number of nitrogens with zero attached hydrogens (tertiary/aromatic N) is 1. The summed E-state index contributed by atoms with van der Waals surface area (Å²) in [4.78, 5) is 23.9. The van der Waals surface area contributed by atoms with Crippen LogP contribution in [0, 0.1) is 5.92 Å². The highest BCUT2D eigenvalue weighted by molar-refractivity contribution is 5.82. The zero-order valence-electron chi connectivity index (χ0n) is 9.69. The molecule has 1 atom stereocenters. The van der Waals surface area contributed by atoms with E-state index in [-0.39, 0.29) is 18.7 Å². The van der Waals surface area contributed by atoms with E-state index in [4.69, 9.17) is 10.8 Å². The maximum absolute atomic E-state index is 11.8. The molecule has 0 aromatic rings. The molecule has 0 spiro atoms. The Labute approximate surface area is 95.6 Å². The fourth-order valence-electron chi connectivity index (χ4n) is 1.87. The number of piperidine rings is 1. The Kier molecular flexibility index (Phi) is 4.73. The van der Waals surface area contributed by atoms with Crippen LogP contribution in [0.15, 0.2) is 0 Å². The third-order valence-electron chi connectivity index (χ3n) is 3.08. The number of nitrogens with two attached hydrogens (primary N) is 1. The second-order valence-corrected chi connectivity index (χ2v) is 4.55. The Morgan fingerprint density at radius 2 is 2.00 bits per heavy atom. The van der Waals surface area contributed by atoms with E-state index in [1.54, 1.807) is 4.90 Å². The molecular formula is C11H20N2O3. The molecule has 1 amide bonds. The molecule has 92 valence electrons.